The molecule has 7 nitrogen and oxygen atoms in total. The van der Waals surface area contributed by atoms with Crippen molar-refractivity contribution in [1.29, 1.82) is 0 Å². The molecule has 1 fully saturated rings. The van der Waals surface area contributed by atoms with E-state index >= 15 is 0 Å². The Morgan fingerprint density at radius 2 is 2.10 bits per heavy atom. The number of nitrogens with zero attached hydrogens (tertiary/aromatic N) is 3. The smallest absolute Gasteiger partial charge is 0.280 e. The third-order valence-electron chi connectivity index (χ3n) is 5.23. The summed E-state index contributed by atoms with van der Waals surface area (Å²) < 4.78 is 39.2. The third-order valence-corrected chi connectivity index (χ3v) is 5.23. The van der Waals surface area contributed by atoms with E-state index in [2.05, 4.69) is 15.4 Å². The lowest BCUT2D eigenvalue weighted by molar-refractivity contribution is 0.0713. The predicted molar refractivity (Wildman–Crippen MR) is 106 cm³/mol. The molecule has 0 aliphatic carbocycles. The van der Waals surface area contributed by atoms with Gasteiger partial charge in [-0.2, -0.15) is 5.10 Å². The molecule has 0 saturated carbocycles. The highest BCUT2D eigenvalue weighted by Gasteiger charge is 2.26. The Labute approximate surface area is 172 Å². The van der Waals surface area contributed by atoms with E-state index in [1.165, 1.54) is 12.3 Å². The molecule has 3 aromatic rings. The van der Waals surface area contributed by atoms with Crippen LogP contribution in [0.4, 0.5) is 8.78 Å². The Morgan fingerprint density at radius 1 is 1.33 bits per heavy atom. The number of amides is 1. The standard InChI is InChI=1S/C21H22F2N4O3/c1-12(18-4-3-9-30-18)25-21(28)15-11-24-27-17(19(22)23)10-16(26-20(15)27)13-5-7-14(29-2)8-6-13/h5-8,10-12,18-19H,3-4,9H2,1-2H3,(H,25,28)/t12-,18-/m1/s1. The van der Waals surface area contributed by atoms with Gasteiger partial charge in [-0.1, -0.05) is 0 Å². The SMILES string of the molecule is COc1ccc(-c2cc(C(F)F)n3ncc(C(=O)N[C@H](C)[C@H]4CCCO4)c3n2)cc1. The van der Waals surface area contributed by atoms with Gasteiger partial charge in [-0.25, -0.2) is 18.3 Å². The molecule has 2 atom stereocenters. The first kappa shape index (κ1) is 20.2. The van der Waals surface area contributed by atoms with Crippen LogP contribution in [0.5, 0.6) is 5.75 Å². The fraction of sp³-hybridized carbons (Fsp3) is 0.381. The number of halogens is 2. The van der Waals surface area contributed by atoms with Crippen molar-refractivity contribution in [3.63, 3.8) is 0 Å². The minimum atomic E-state index is -2.78. The van der Waals surface area contributed by atoms with E-state index in [9.17, 15) is 13.6 Å². The Hall–Kier alpha value is -3.07. The first-order valence-corrected chi connectivity index (χ1v) is 9.71. The van der Waals surface area contributed by atoms with Crippen LogP contribution in [-0.4, -0.2) is 46.4 Å². The number of ether oxygens (including phenoxy) is 2. The van der Waals surface area contributed by atoms with Gasteiger partial charge in [0.15, 0.2) is 5.65 Å². The number of benzene rings is 1. The van der Waals surface area contributed by atoms with Crippen molar-refractivity contribution in [2.75, 3.05) is 13.7 Å². The van der Waals surface area contributed by atoms with Crippen LogP contribution in [0.2, 0.25) is 0 Å². The van der Waals surface area contributed by atoms with Gasteiger partial charge in [0.05, 0.1) is 31.1 Å². The van der Waals surface area contributed by atoms with E-state index < -0.39 is 12.3 Å². The maximum absolute atomic E-state index is 13.7. The molecule has 0 unspecified atom stereocenters. The van der Waals surface area contributed by atoms with Gasteiger partial charge in [0.25, 0.3) is 12.3 Å². The molecule has 4 rings (SSSR count). The normalized spacial score (nSPS) is 17.4. The van der Waals surface area contributed by atoms with Crippen LogP contribution in [0.3, 0.4) is 0 Å². The highest BCUT2D eigenvalue weighted by Crippen LogP contribution is 2.28. The van der Waals surface area contributed by atoms with Crippen LogP contribution in [0, 0.1) is 0 Å². The van der Waals surface area contributed by atoms with E-state index in [4.69, 9.17) is 9.47 Å². The van der Waals surface area contributed by atoms with Gasteiger partial charge in [0.1, 0.15) is 17.0 Å². The Bertz CT molecular complexity index is 1050. The Balaban J connectivity index is 1.72. The molecular weight excluding hydrogens is 394 g/mol. The molecule has 1 N–H and O–H groups in total. The van der Waals surface area contributed by atoms with E-state index in [0.29, 0.717) is 23.6 Å². The van der Waals surface area contributed by atoms with Crippen LogP contribution in [0.1, 0.15) is 42.2 Å². The number of aromatic nitrogens is 3. The fourth-order valence-electron chi connectivity index (χ4n) is 3.59. The summed E-state index contributed by atoms with van der Waals surface area (Å²) in [5.41, 5.74) is 0.826. The number of fused-ring (bicyclic) bond motifs is 1. The van der Waals surface area contributed by atoms with E-state index in [-0.39, 0.29) is 29.1 Å². The zero-order valence-corrected chi connectivity index (χ0v) is 16.6. The summed E-state index contributed by atoms with van der Waals surface area (Å²) in [6.45, 7) is 2.53. The number of rotatable bonds is 6. The maximum atomic E-state index is 13.7. The topological polar surface area (TPSA) is 77.8 Å². The fourth-order valence-corrected chi connectivity index (χ4v) is 3.59. The first-order valence-electron chi connectivity index (χ1n) is 9.71. The van der Waals surface area contributed by atoms with Crippen LogP contribution in [0.15, 0.2) is 36.5 Å². The molecule has 1 aliphatic rings. The van der Waals surface area contributed by atoms with Crippen molar-refractivity contribution in [2.24, 2.45) is 0 Å². The number of carbonyl (C=O) groups excluding carboxylic acids is 1. The summed E-state index contributed by atoms with van der Waals surface area (Å²) in [6.07, 6.45) is 0.241. The van der Waals surface area contributed by atoms with Crippen LogP contribution in [0.25, 0.3) is 16.9 Å². The van der Waals surface area contributed by atoms with Crippen LogP contribution >= 0.6 is 0 Å². The lowest BCUT2D eigenvalue weighted by Crippen LogP contribution is -2.40. The average Bonchev–Trinajstić information content (AvgIpc) is 3.43. The molecule has 0 bridgehead atoms. The summed E-state index contributed by atoms with van der Waals surface area (Å²) in [7, 11) is 1.54. The molecule has 0 spiro atoms. The Kier molecular flexibility index (Phi) is 5.63. The number of hydrogen-bond donors (Lipinski definition) is 1. The zero-order valence-electron chi connectivity index (χ0n) is 16.6. The van der Waals surface area contributed by atoms with Gasteiger partial charge in [-0.15, -0.1) is 0 Å². The van der Waals surface area contributed by atoms with Crippen molar-refractivity contribution in [2.45, 2.75) is 38.3 Å². The Morgan fingerprint density at radius 3 is 2.73 bits per heavy atom. The van der Waals surface area contributed by atoms with Gasteiger partial charge >= 0.3 is 0 Å². The third kappa shape index (κ3) is 3.85. The van der Waals surface area contributed by atoms with Crippen molar-refractivity contribution in [3.05, 3.63) is 47.8 Å². The molecule has 1 saturated heterocycles. The minimum absolute atomic E-state index is 0.0600. The predicted octanol–water partition coefficient (Wildman–Crippen LogP) is 3.64. The first-order chi connectivity index (χ1) is 14.5. The largest absolute Gasteiger partial charge is 0.497 e. The molecule has 1 aromatic carbocycles. The molecule has 158 valence electrons. The number of alkyl halides is 2. The van der Waals surface area contributed by atoms with Crippen LogP contribution in [-0.2, 0) is 4.74 Å². The van der Waals surface area contributed by atoms with Crippen molar-refractivity contribution >= 4 is 11.6 Å². The molecule has 2 aromatic heterocycles. The zero-order chi connectivity index (χ0) is 21.3. The highest BCUT2D eigenvalue weighted by atomic mass is 19.3. The van der Waals surface area contributed by atoms with Crippen molar-refractivity contribution in [1.82, 2.24) is 19.9 Å². The summed E-state index contributed by atoms with van der Waals surface area (Å²) >= 11 is 0. The average molecular weight is 416 g/mol. The van der Waals surface area contributed by atoms with Crippen molar-refractivity contribution in [3.8, 4) is 17.0 Å². The summed E-state index contributed by atoms with van der Waals surface area (Å²) in [4.78, 5) is 17.3. The number of hydrogen-bond acceptors (Lipinski definition) is 5. The molecule has 1 amide bonds. The molecular formula is C21H22F2N4O3. The molecule has 1 aliphatic heterocycles. The summed E-state index contributed by atoms with van der Waals surface area (Å²) in [6, 6.07) is 7.95. The van der Waals surface area contributed by atoms with Gasteiger partial charge < -0.3 is 14.8 Å². The van der Waals surface area contributed by atoms with E-state index in [0.717, 1.165) is 17.4 Å². The molecule has 3 heterocycles. The maximum Gasteiger partial charge on any atom is 0.280 e. The van der Waals surface area contributed by atoms with E-state index in [1.807, 2.05) is 6.92 Å². The van der Waals surface area contributed by atoms with Gasteiger partial charge in [-0.05, 0) is 50.1 Å². The van der Waals surface area contributed by atoms with Gasteiger partial charge in [0, 0.05) is 12.2 Å². The molecule has 0 radical (unpaired) electrons. The van der Waals surface area contributed by atoms with Gasteiger partial charge in [0.2, 0.25) is 0 Å². The second-order valence-electron chi connectivity index (χ2n) is 7.20. The number of carbonyl (C=O) groups is 1. The number of methoxy groups -OCH3 is 1. The second-order valence-corrected chi connectivity index (χ2v) is 7.20. The minimum Gasteiger partial charge on any atom is -0.497 e. The summed E-state index contributed by atoms with van der Waals surface area (Å²) in [5, 5.41) is 6.87. The molecule has 9 heteroatoms. The van der Waals surface area contributed by atoms with E-state index in [1.54, 1.807) is 31.4 Å². The second kappa shape index (κ2) is 8.35. The lowest BCUT2D eigenvalue weighted by atomic mass is 10.1. The summed E-state index contributed by atoms with van der Waals surface area (Å²) in [5.74, 6) is 0.217. The highest BCUT2D eigenvalue weighted by molar-refractivity contribution is 6.00. The monoisotopic (exact) mass is 416 g/mol. The lowest BCUT2D eigenvalue weighted by Gasteiger charge is -2.19. The van der Waals surface area contributed by atoms with Crippen LogP contribution < -0.4 is 10.1 Å². The molecule has 30 heavy (non-hydrogen) atoms. The quantitative estimate of drug-likeness (QED) is 0.664. The van der Waals surface area contributed by atoms with Crippen molar-refractivity contribution < 1.29 is 23.0 Å². The number of nitrogens with one attached hydrogen (secondary N) is 1. The van der Waals surface area contributed by atoms with Gasteiger partial charge in [-0.3, -0.25) is 4.79 Å².